The predicted molar refractivity (Wildman–Crippen MR) is 75.5 cm³/mol. The van der Waals surface area contributed by atoms with Gasteiger partial charge in [-0.25, -0.2) is 4.79 Å². The predicted octanol–water partition coefficient (Wildman–Crippen LogP) is 3.61. The summed E-state index contributed by atoms with van der Waals surface area (Å²) in [6, 6.07) is 7.00. The second kappa shape index (κ2) is 5.84. The minimum atomic E-state index is -0.970. The first kappa shape index (κ1) is 13.5. The zero-order valence-electron chi connectivity index (χ0n) is 10.3. The molecule has 0 fully saturated rings. The van der Waals surface area contributed by atoms with Gasteiger partial charge in [-0.2, -0.15) is 0 Å². The minimum absolute atomic E-state index is 0.222. The molecule has 0 saturated carbocycles. The molecule has 0 spiro atoms. The standard InChI is InChI=1S/C14H12BrNO3/c1-2-19-11-5-10(7-16-8-11)9-3-4-13(15)12(6-9)14(17)18/h3-8H,2H2,1H3,(H,17,18). The fourth-order valence-corrected chi connectivity index (χ4v) is 2.11. The molecule has 4 nitrogen and oxygen atoms in total. The normalized spacial score (nSPS) is 10.2. The third-order valence-corrected chi connectivity index (χ3v) is 3.25. The largest absolute Gasteiger partial charge is 0.492 e. The average Bonchev–Trinajstić information content (AvgIpc) is 2.39. The first-order valence-electron chi connectivity index (χ1n) is 5.73. The molecule has 0 aliphatic heterocycles. The zero-order chi connectivity index (χ0) is 13.8. The lowest BCUT2D eigenvalue weighted by Crippen LogP contribution is -1.98. The van der Waals surface area contributed by atoms with E-state index in [0.717, 1.165) is 11.1 Å². The summed E-state index contributed by atoms with van der Waals surface area (Å²) < 4.78 is 5.93. The van der Waals surface area contributed by atoms with Crippen molar-refractivity contribution in [3.8, 4) is 16.9 Å². The van der Waals surface area contributed by atoms with Gasteiger partial charge in [-0.05, 0) is 46.6 Å². The van der Waals surface area contributed by atoms with Crippen molar-refractivity contribution in [3.05, 3.63) is 46.7 Å². The summed E-state index contributed by atoms with van der Waals surface area (Å²) in [5.41, 5.74) is 1.83. The molecule has 1 heterocycles. The van der Waals surface area contributed by atoms with Crippen molar-refractivity contribution in [2.45, 2.75) is 6.92 Å². The van der Waals surface area contributed by atoms with Gasteiger partial charge in [-0.1, -0.05) is 6.07 Å². The van der Waals surface area contributed by atoms with E-state index in [-0.39, 0.29) is 5.56 Å². The van der Waals surface area contributed by atoms with Crippen molar-refractivity contribution in [3.63, 3.8) is 0 Å². The van der Waals surface area contributed by atoms with Crippen LogP contribution < -0.4 is 4.74 Å². The maximum Gasteiger partial charge on any atom is 0.336 e. The van der Waals surface area contributed by atoms with Gasteiger partial charge in [0, 0.05) is 16.2 Å². The molecule has 0 bridgehead atoms. The number of aromatic carboxylic acids is 1. The number of rotatable bonds is 4. The molecule has 1 aromatic heterocycles. The van der Waals surface area contributed by atoms with Gasteiger partial charge >= 0.3 is 5.97 Å². The molecule has 2 rings (SSSR count). The first-order chi connectivity index (χ1) is 9.11. The highest BCUT2D eigenvalue weighted by molar-refractivity contribution is 9.10. The van der Waals surface area contributed by atoms with Gasteiger partial charge in [-0.3, -0.25) is 4.98 Å². The van der Waals surface area contributed by atoms with Gasteiger partial charge < -0.3 is 9.84 Å². The van der Waals surface area contributed by atoms with E-state index in [1.54, 1.807) is 24.5 Å². The van der Waals surface area contributed by atoms with Crippen molar-refractivity contribution < 1.29 is 14.6 Å². The molecule has 0 saturated heterocycles. The number of ether oxygens (including phenoxy) is 1. The van der Waals surface area contributed by atoms with E-state index in [9.17, 15) is 4.79 Å². The fourth-order valence-electron chi connectivity index (χ4n) is 1.69. The van der Waals surface area contributed by atoms with Gasteiger partial charge in [0.05, 0.1) is 18.4 Å². The van der Waals surface area contributed by atoms with Crippen LogP contribution in [0.25, 0.3) is 11.1 Å². The number of nitrogens with zero attached hydrogens (tertiary/aromatic N) is 1. The summed E-state index contributed by atoms with van der Waals surface area (Å²) >= 11 is 3.22. The van der Waals surface area contributed by atoms with Crippen LogP contribution in [0.15, 0.2) is 41.1 Å². The number of halogens is 1. The van der Waals surface area contributed by atoms with E-state index in [2.05, 4.69) is 20.9 Å². The summed E-state index contributed by atoms with van der Waals surface area (Å²) in [6.45, 7) is 2.46. The summed E-state index contributed by atoms with van der Waals surface area (Å²) in [5, 5.41) is 9.11. The highest BCUT2D eigenvalue weighted by atomic mass is 79.9. The van der Waals surface area contributed by atoms with Crippen molar-refractivity contribution in [2.75, 3.05) is 6.61 Å². The van der Waals surface area contributed by atoms with Crippen molar-refractivity contribution >= 4 is 21.9 Å². The van der Waals surface area contributed by atoms with Crippen LogP contribution in [0.1, 0.15) is 17.3 Å². The maximum atomic E-state index is 11.1. The van der Waals surface area contributed by atoms with Crippen LogP contribution in [0.2, 0.25) is 0 Å². The Labute approximate surface area is 119 Å². The zero-order valence-corrected chi connectivity index (χ0v) is 11.8. The molecule has 0 unspecified atom stereocenters. The van der Waals surface area contributed by atoms with Crippen LogP contribution in [0, 0.1) is 0 Å². The Balaban J connectivity index is 2.44. The topological polar surface area (TPSA) is 59.4 Å². The second-order valence-electron chi connectivity index (χ2n) is 3.84. The van der Waals surface area contributed by atoms with Gasteiger partial charge in [0.25, 0.3) is 0 Å². The number of hydrogen-bond acceptors (Lipinski definition) is 3. The van der Waals surface area contributed by atoms with E-state index in [4.69, 9.17) is 9.84 Å². The molecular weight excluding hydrogens is 310 g/mol. The Bertz CT molecular complexity index is 613. The lowest BCUT2D eigenvalue weighted by Gasteiger charge is -2.07. The highest BCUT2D eigenvalue weighted by Crippen LogP contribution is 2.27. The molecular formula is C14H12BrNO3. The van der Waals surface area contributed by atoms with E-state index in [1.165, 1.54) is 0 Å². The van der Waals surface area contributed by atoms with Crippen molar-refractivity contribution in [1.29, 1.82) is 0 Å². The third kappa shape index (κ3) is 3.12. The van der Waals surface area contributed by atoms with E-state index < -0.39 is 5.97 Å². The van der Waals surface area contributed by atoms with Crippen molar-refractivity contribution in [1.82, 2.24) is 4.98 Å². The van der Waals surface area contributed by atoms with Gasteiger partial charge in [0.2, 0.25) is 0 Å². The van der Waals surface area contributed by atoms with Crippen LogP contribution in [0.4, 0.5) is 0 Å². The number of carbonyl (C=O) groups is 1. The van der Waals surface area contributed by atoms with E-state index >= 15 is 0 Å². The summed E-state index contributed by atoms with van der Waals surface area (Å²) in [4.78, 5) is 15.2. The second-order valence-corrected chi connectivity index (χ2v) is 4.70. The monoisotopic (exact) mass is 321 g/mol. The van der Waals surface area contributed by atoms with Crippen LogP contribution >= 0.6 is 15.9 Å². The lowest BCUT2D eigenvalue weighted by molar-refractivity contribution is 0.0696. The van der Waals surface area contributed by atoms with E-state index in [0.29, 0.717) is 16.8 Å². The minimum Gasteiger partial charge on any atom is -0.492 e. The quantitative estimate of drug-likeness (QED) is 0.934. The Kier molecular flexibility index (Phi) is 4.16. The summed E-state index contributed by atoms with van der Waals surface area (Å²) in [7, 11) is 0. The number of aromatic nitrogens is 1. The molecule has 1 N–H and O–H groups in total. The summed E-state index contributed by atoms with van der Waals surface area (Å²) in [5.74, 6) is -0.303. The van der Waals surface area contributed by atoms with Crippen LogP contribution in [0.3, 0.4) is 0 Å². The maximum absolute atomic E-state index is 11.1. The SMILES string of the molecule is CCOc1cncc(-c2ccc(Br)c(C(=O)O)c2)c1. The Morgan fingerprint density at radius 1 is 1.32 bits per heavy atom. The van der Waals surface area contributed by atoms with Crippen molar-refractivity contribution in [2.24, 2.45) is 0 Å². The van der Waals surface area contributed by atoms with Crippen LogP contribution in [0.5, 0.6) is 5.75 Å². The molecule has 0 atom stereocenters. The van der Waals surface area contributed by atoms with Crippen LogP contribution in [-0.2, 0) is 0 Å². The smallest absolute Gasteiger partial charge is 0.336 e. The molecule has 19 heavy (non-hydrogen) atoms. The third-order valence-electron chi connectivity index (χ3n) is 2.55. The first-order valence-corrected chi connectivity index (χ1v) is 6.52. The molecule has 0 aliphatic carbocycles. The Morgan fingerprint density at radius 2 is 2.11 bits per heavy atom. The number of benzene rings is 1. The van der Waals surface area contributed by atoms with Gasteiger partial charge in [0.1, 0.15) is 5.75 Å². The molecule has 1 aromatic carbocycles. The average molecular weight is 322 g/mol. The molecule has 98 valence electrons. The fraction of sp³-hybridized carbons (Fsp3) is 0.143. The van der Waals surface area contributed by atoms with Gasteiger partial charge in [0.15, 0.2) is 0 Å². The molecule has 0 amide bonds. The Morgan fingerprint density at radius 3 is 2.79 bits per heavy atom. The lowest BCUT2D eigenvalue weighted by atomic mass is 10.0. The number of carboxylic acid groups (broad SMARTS) is 1. The molecule has 0 aliphatic rings. The highest BCUT2D eigenvalue weighted by Gasteiger charge is 2.10. The number of hydrogen-bond donors (Lipinski definition) is 1. The molecule has 2 aromatic rings. The summed E-state index contributed by atoms with van der Waals surface area (Å²) in [6.07, 6.45) is 3.31. The van der Waals surface area contributed by atoms with E-state index in [1.807, 2.05) is 19.1 Å². The molecule has 0 radical (unpaired) electrons. The van der Waals surface area contributed by atoms with Gasteiger partial charge in [-0.15, -0.1) is 0 Å². The Hall–Kier alpha value is -1.88. The van der Waals surface area contributed by atoms with Crippen LogP contribution in [-0.4, -0.2) is 22.7 Å². The number of pyridine rings is 1. The number of carboxylic acids is 1. The molecule has 5 heteroatoms.